The number of benzene rings is 17. The van der Waals surface area contributed by atoms with Crippen molar-refractivity contribution in [2.45, 2.75) is 16.2 Å². The third-order valence-electron chi connectivity index (χ3n) is 26.6. The van der Waals surface area contributed by atoms with Crippen LogP contribution in [0.15, 0.2) is 376 Å². The van der Waals surface area contributed by atoms with Gasteiger partial charge in [-0.05, 0) is 222 Å². The van der Waals surface area contributed by atoms with Gasteiger partial charge in [0.15, 0.2) is 0 Å². The fourth-order valence-corrected chi connectivity index (χ4v) is 22.8. The molecule has 0 atom stereocenters. The van der Waals surface area contributed by atoms with Crippen molar-refractivity contribution in [3.8, 4) is 83.6 Å². The summed E-state index contributed by atoms with van der Waals surface area (Å²) in [5.41, 5.74) is 46.0. The fourth-order valence-electron chi connectivity index (χ4n) is 22.8. The molecule has 0 radical (unpaired) electrons. The van der Waals surface area contributed by atoms with E-state index < -0.39 is 16.2 Å². The lowest BCUT2D eigenvalue weighted by atomic mass is 9.32. The number of para-hydroxylation sites is 2. The molecule has 3 heterocycles. The normalized spacial score (nSPS) is 15.0. The zero-order valence-corrected chi connectivity index (χ0v) is 59.2. The van der Waals surface area contributed by atoms with Crippen LogP contribution in [0.5, 0.6) is 0 Å². The molecular weight excluding hydrogens is 1310 g/mol. The van der Waals surface area contributed by atoms with Crippen LogP contribution in [-0.2, 0) is 16.2 Å². The van der Waals surface area contributed by atoms with Crippen molar-refractivity contribution in [2.24, 2.45) is 0 Å². The lowest BCUT2D eigenvalue weighted by Gasteiger charge is -2.46. The van der Waals surface area contributed by atoms with Gasteiger partial charge in [-0.2, -0.15) is 0 Å². The second kappa shape index (κ2) is 20.8. The van der Waals surface area contributed by atoms with E-state index in [1.807, 2.05) is 0 Å². The monoisotopic (exact) mass is 1380 g/mol. The summed E-state index contributed by atoms with van der Waals surface area (Å²) in [5, 5.41) is 2.44. The molecule has 0 N–H and O–H groups in total. The summed E-state index contributed by atoms with van der Waals surface area (Å²) in [6.45, 7) is -0.291. The van der Waals surface area contributed by atoms with E-state index >= 15 is 0 Å². The molecule has 0 saturated carbocycles. The number of fused-ring (bicyclic) bond motifs is 38. The van der Waals surface area contributed by atoms with Crippen molar-refractivity contribution in [1.82, 2.24) is 4.57 Å². The fraction of sp³-hybridized carbons (Fsp3) is 0.0286. The summed E-state index contributed by atoms with van der Waals surface area (Å²) in [6, 6.07) is 146. The molecule has 2 aliphatic heterocycles. The second-order valence-electron chi connectivity index (χ2n) is 31.1. The number of rotatable bonds is 4. The van der Waals surface area contributed by atoms with Gasteiger partial charge in [-0.25, -0.2) is 0 Å². The zero-order chi connectivity index (χ0) is 70.7. The molecule has 109 heavy (non-hydrogen) atoms. The van der Waals surface area contributed by atoms with Gasteiger partial charge in [-0.1, -0.05) is 315 Å². The van der Waals surface area contributed by atoms with Crippen molar-refractivity contribution < 1.29 is 0 Å². The van der Waals surface area contributed by atoms with Crippen molar-refractivity contribution in [2.75, 3.05) is 9.80 Å². The summed E-state index contributed by atoms with van der Waals surface area (Å²) in [5.74, 6) is 0. The SMILES string of the molecule is c1ccc(-c2ccc3c(c2)B2c4c(cc(-n5c6ccccc6c6ccccc65)cc4N(c4ccc5c(c4)C4(c6ccccc6-c6ccccc64)c4ccccc4-5)c4ccc5c(c42)-c2ccccc2C52c4ccccc4-c4ccccc42)N3c2ccc3c(c2)C2(c4ccccc4-c4ccccc42)c2ccccc2-3)cc1. The molecule has 0 fully saturated rings. The quantitative estimate of drug-likeness (QED) is 0.163. The van der Waals surface area contributed by atoms with E-state index in [1.54, 1.807) is 0 Å². The molecule has 1 aromatic heterocycles. The molecule has 3 nitrogen and oxygen atoms in total. The maximum atomic E-state index is 2.74. The summed E-state index contributed by atoms with van der Waals surface area (Å²) in [6.07, 6.45) is 0. The van der Waals surface area contributed by atoms with E-state index in [0.717, 1.165) is 45.2 Å². The Morgan fingerprint density at radius 1 is 0.202 bits per heavy atom. The van der Waals surface area contributed by atoms with E-state index in [0.29, 0.717) is 0 Å². The zero-order valence-electron chi connectivity index (χ0n) is 59.2. The first-order chi connectivity index (χ1) is 54.1. The van der Waals surface area contributed by atoms with Gasteiger partial charge in [-0.15, -0.1) is 0 Å². The molecule has 4 heteroatoms. The van der Waals surface area contributed by atoms with E-state index in [1.165, 1.54) is 177 Å². The second-order valence-corrected chi connectivity index (χ2v) is 31.1. The molecule has 6 aliphatic carbocycles. The maximum Gasteiger partial charge on any atom is 0.252 e. The third-order valence-corrected chi connectivity index (χ3v) is 26.6. The van der Waals surface area contributed by atoms with Gasteiger partial charge in [0.05, 0.1) is 33.0 Å². The van der Waals surface area contributed by atoms with Crippen LogP contribution in [0.2, 0.25) is 0 Å². The van der Waals surface area contributed by atoms with Crippen molar-refractivity contribution >= 4 is 79.0 Å². The molecule has 0 unspecified atom stereocenters. The van der Waals surface area contributed by atoms with Gasteiger partial charge in [-0.3, -0.25) is 0 Å². The molecule has 26 rings (SSSR count). The highest BCUT2D eigenvalue weighted by atomic mass is 15.2. The van der Waals surface area contributed by atoms with Crippen molar-refractivity contribution in [3.63, 3.8) is 0 Å². The largest absolute Gasteiger partial charge is 0.311 e. The Bertz CT molecular complexity index is 6930. The first-order valence-electron chi connectivity index (χ1n) is 38.4. The number of anilines is 6. The predicted octanol–water partition coefficient (Wildman–Crippen LogP) is 23.6. The Labute approximate surface area is 631 Å². The third kappa shape index (κ3) is 6.96. The summed E-state index contributed by atoms with van der Waals surface area (Å²) in [4.78, 5) is 5.44. The maximum absolute atomic E-state index is 2.74. The van der Waals surface area contributed by atoms with E-state index in [-0.39, 0.29) is 6.71 Å². The summed E-state index contributed by atoms with van der Waals surface area (Å²) in [7, 11) is 0. The highest BCUT2D eigenvalue weighted by molar-refractivity contribution is 7.01. The molecule has 3 spiro atoms. The smallest absolute Gasteiger partial charge is 0.252 e. The number of nitrogens with zero attached hydrogens (tertiary/aromatic N) is 3. The van der Waals surface area contributed by atoms with Gasteiger partial charge in [0.25, 0.3) is 6.71 Å². The van der Waals surface area contributed by atoms with E-state index in [2.05, 4.69) is 390 Å². The Morgan fingerprint density at radius 2 is 0.541 bits per heavy atom. The lowest BCUT2D eigenvalue weighted by molar-refractivity contribution is 0.793. The molecule has 500 valence electrons. The lowest BCUT2D eigenvalue weighted by Crippen LogP contribution is -2.62. The van der Waals surface area contributed by atoms with Crippen LogP contribution in [0, 0.1) is 0 Å². The van der Waals surface area contributed by atoms with Crippen LogP contribution in [0.3, 0.4) is 0 Å². The average molecular weight is 1380 g/mol. The summed E-state index contributed by atoms with van der Waals surface area (Å²) >= 11 is 0. The van der Waals surface area contributed by atoms with Crippen LogP contribution in [0.25, 0.3) is 105 Å². The Morgan fingerprint density at radius 3 is 0.972 bits per heavy atom. The molecular formula is C105H62BN3. The minimum atomic E-state index is -0.609. The average Bonchev–Trinajstić information content (AvgIpc) is 1.61. The molecule has 0 saturated heterocycles. The van der Waals surface area contributed by atoms with Crippen molar-refractivity contribution in [1.29, 1.82) is 0 Å². The number of hydrogen-bond donors (Lipinski definition) is 0. The van der Waals surface area contributed by atoms with Crippen LogP contribution in [-0.4, -0.2) is 11.3 Å². The van der Waals surface area contributed by atoms with Gasteiger partial charge >= 0.3 is 0 Å². The topological polar surface area (TPSA) is 11.4 Å². The van der Waals surface area contributed by atoms with Gasteiger partial charge in [0, 0.05) is 44.9 Å². The molecule has 17 aromatic carbocycles. The summed E-state index contributed by atoms with van der Waals surface area (Å²) < 4.78 is 2.56. The Hall–Kier alpha value is -13.8. The molecule has 0 bridgehead atoms. The highest BCUT2D eigenvalue weighted by Crippen LogP contribution is 2.68. The first-order valence-corrected chi connectivity index (χ1v) is 38.4. The molecule has 8 aliphatic rings. The van der Waals surface area contributed by atoms with E-state index in [9.17, 15) is 0 Å². The molecule has 18 aromatic rings. The Balaban J connectivity index is 0.830. The van der Waals surface area contributed by atoms with Crippen LogP contribution in [0.1, 0.15) is 66.8 Å². The Kier molecular flexibility index (Phi) is 11.2. The molecule has 0 amide bonds. The minimum absolute atomic E-state index is 0.291. The first kappa shape index (κ1) is 58.5. The van der Waals surface area contributed by atoms with Crippen molar-refractivity contribution in [3.05, 3.63) is 443 Å². The number of aromatic nitrogens is 1. The standard InChI is InChI=1S/C105H62BN3/c1-2-26-63(27-3-1)64-50-56-96-93(58-64)106-101-98(107(96)65-51-53-76-74-34-10-21-45-87(74)104(91(76)59-65)83-41-17-6-30-70(83)71-31-7-18-42-84(71)104)61-67(109-94-48-24-13-36-78(94)79-37-14-25-49-95(79)109)62-99(101)108(66-52-54-77-75-35-11-22-46-88(75)105(92(77)60-66)85-43-19-8-32-72(85)73-33-9-20-44-86(73)105)97-57-55-90-100(102(97)106)80-38-12-23-47-89(80)103(90)81-39-15-4-28-68(81)69-29-5-16-40-82(69)103/h1-62H. The van der Waals surface area contributed by atoms with Crippen LogP contribution in [0.4, 0.5) is 34.1 Å². The van der Waals surface area contributed by atoms with Crippen LogP contribution < -0.4 is 26.2 Å². The van der Waals surface area contributed by atoms with Gasteiger partial charge in [0.2, 0.25) is 0 Å². The predicted molar refractivity (Wildman–Crippen MR) is 449 cm³/mol. The van der Waals surface area contributed by atoms with E-state index in [4.69, 9.17) is 0 Å². The highest BCUT2D eigenvalue weighted by Gasteiger charge is 2.58. The van der Waals surface area contributed by atoms with Gasteiger partial charge in [0.1, 0.15) is 0 Å². The minimum Gasteiger partial charge on any atom is -0.311 e. The number of hydrogen-bond acceptors (Lipinski definition) is 2. The van der Waals surface area contributed by atoms with Gasteiger partial charge < -0.3 is 14.4 Å². The van der Waals surface area contributed by atoms with Crippen LogP contribution >= 0.6 is 0 Å².